The topological polar surface area (TPSA) is 169 Å². The minimum Gasteiger partial charge on any atom is -0.480 e. The standard InChI is InChI=1S/C52H88NO10P/c1-3-5-7-9-11-13-15-17-19-21-22-23-24-25-26-28-30-32-34-36-38-40-42-44-51(56)61-45-48(54)46-62-64(59,60)63-47-49(52(57)58)53-50(55)43-41-39-37-35-33-31-29-27-20-18-16-14-12-10-8-6-4-2/h5,7,11-14,17-20,22-23,25-26,48-49,54H,3-4,6,8-10,15-16,21,24,27-47H2,1-2H3,(H,53,55)(H,57,58)(H,59,60)/b7-5-,13-11-,14-12-,19-17-,20-18-,23-22-,26-25-. The van der Waals surface area contributed by atoms with Crippen LogP contribution in [0.3, 0.4) is 0 Å². The molecule has 0 heterocycles. The molecule has 0 radical (unpaired) electrons. The molecular weight excluding hydrogens is 830 g/mol. The van der Waals surface area contributed by atoms with Gasteiger partial charge in [-0.05, 0) is 89.9 Å². The van der Waals surface area contributed by atoms with Crippen LogP contribution >= 0.6 is 7.82 Å². The number of ether oxygens (including phenoxy) is 1. The second kappa shape index (κ2) is 46.2. The molecule has 0 saturated carbocycles. The van der Waals surface area contributed by atoms with Crippen LogP contribution in [-0.4, -0.2) is 64.9 Å². The van der Waals surface area contributed by atoms with Crippen molar-refractivity contribution in [3.8, 4) is 0 Å². The van der Waals surface area contributed by atoms with Gasteiger partial charge in [0.1, 0.15) is 12.7 Å². The van der Waals surface area contributed by atoms with Gasteiger partial charge in [-0.25, -0.2) is 9.36 Å². The second-order valence-corrected chi connectivity index (χ2v) is 17.7. The molecule has 0 aliphatic rings. The maximum Gasteiger partial charge on any atom is 0.472 e. The number of carboxylic acids is 1. The van der Waals surface area contributed by atoms with Crippen LogP contribution in [0.1, 0.15) is 194 Å². The molecule has 366 valence electrons. The molecule has 0 aliphatic heterocycles. The molecule has 1 amide bonds. The molecule has 0 aromatic heterocycles. The maximum absolute atomic E-state index is 12.3. The van der Waals surface area contributed by atoms with Crippen molar-refractivity contribution in [3.63, 3.8) is 0 Å². The maximum atomic E-state index is 12.3. The molecule has 3 atom stereocenters. The fourth-order valence-corrected chi connectivity index (χ4v) is 7.14. The number of amides is 1. The van der Waals surface area contributed by atoms with Gasteiger partial charge in [0.2, 0.25) is 5.91 Å². The van der Waals surface area contributed by atoms with Gasteiger partial charge in [-0.15, -0.1) is 0 Å². The van der Waals surface area contributed by atoms with E-state index in [1.807, 2.05) is 0 Å². The Morgan fingerprint density at radius 2 is 0.906 bits per heavy atom. The van der Waals surface area contributed by atoms with Gasteiger partial charge in [0, 0.05) is 12.8 Å². The number of carbonyl (C=O) groups is 3. The third-order valence-electron chi connectivity index (χ3n) is 10.2. The lowest BCUT2D eigenvalue weighted by atomic mass is 10.1. The molecule has 11 nitrogen and oxygen atoms in total. The number of carboxylic acid groups (broad SMARTS) is 1. The van der Waals surface area contributed by atoms with E-state index in [-0.39, 0.29) is 12.8 Å². The van der Waals surface area contributed by atoms with E-state index >= 15 is 0 Å². The second-order valence-electron chi connectivity index (χ2n) is 16.3. The van der Waals surface area contributed by atoms with Crippen molar-refractivity contribution in [2.24, 2.45) is 0 Å². The average molecular weight is 918 g/mol. The van der Waals surface area contributed by atoms with E-state index in [1.54, 1.807) is 0 Å². The predicted molar refractivity (Wildman–Crippen MR) is 263 cm³/mol. The fraction of sp³-hybridized carbons (Fsp3) is 0.673. The third-order valence-corrected chi connectivity index (χ3v) is 11.1. The summed E-state index contributed by atoms with van der Waals surface area (Å²) in [4.78, 5) is 46.1. The molecular formula is C52H88NO10P. The minimum atomic E-state index is -4.77. The summed E-state index contributed by atoms with van der Waals surface area (Å²) in [5, 5.41) is 21.9. The highest BCUT2D eigenvalue weighted by Gasteiger charge is 2.28. The lowest BCUT2D eigenvalue weighted by molar-refractivity contribution is -0.147. The fourth-order valence-electron chi connectivity index (χ4n) is 6.37. The first-order valence-electron chi connectivity index (χ1n) is 24.6. The van der Waals surface area contributed by atoms with Gasteiger partial charge in [-0.3, -0.25) is 18.6 Å². The first-order valence-corrected chi connectivity index (χ1v) is 26.1. The van der Waals surface area contributed by atoms with Crippen LogP contribution in [0.25, 0.3) is 0 Å². The van der Waals surface area contributed by atoms with E-state index < -0.39 is 57.6 Å². The van der Waals surface area contributed by atoms with E-state index in [4.69, 9.17) is 13.8 Å². The van der Waals surface area contributed by atoms with Crippen LogP contribution in [0.4, 0.5) is 0 Å². The normalized spacial score (nSPS) is 14.3. The average Bonchev–Trinajstić information content (AvgIpc) is 3.27. The molecule has 0 aliphatic carbocycles. The van der Waals surface area contributed by atoms with Crippen molar-refractivity contribution >= 4 is 25.7 Å². The Hall–Kier alpha value is -3.34. The summed E-state index contributed by atoms with van der Waals surface area (Å²) in [6.07, 6.45) is 57.4. The SMILES string of the molecule is CC/C=C\C/C=C\C/C=C\C/C=C\C/C=C\CCCCCCCCCC(=O)OCC(O)COP(=O)(O)OCC(NC(=O)CCCCCCCCC/C=C\C/C=C\CCCCC)C(=O)O. The van der Waals surface area contributed by atoms with Gasteiger partial charge in [0.15, 0.2) is 6.04 Å². The summed E-state index contributed by atoms with van der Waals surface area (Å²) in [5.41, 5.74) is 0. The monoisotopic (exact) mass is 918 g/mol. The summed E-state index contributed by atoms with van der Waals surface area (Å²) in [6, 6.07) is -1.56. The van der Waals surface area contributed by atoms with Crippen molar-refractivity contribution in [3.05, 3.63) is 85.1 Å². The zero-order valence-corrected chi connectivity index (χ0v) is 40.7. The number of hydrogen-bond acceptors (Lipinski definition) is 8. The Kier molecular flexibility index (Phi) is 43.8. The largest absolute Gasteiger partial charge is 0.480 e. The van der Waals surface area contributed by atoms with Gasteiger partial charge in [-0.2, -0.15) is 0 Å². The van der Waals surface area contributed by atoms with Crippen molar-refractivity contribution in [2.45, 2.75) is 206 Å². The molecule has 12 heteroatoms. The number of rotatable bonds is 45. The Balaban J connectivity index is 3.89. The van der Waals surface area contributed by atoms with Gasteiger partial charge in [0.25, 0.3) is 0 Å². The molecule has 3 unspecified atom stereocenters. The quantitative estimate of drug-likeness (QED) is 0.0200. The first kappa shape index (κ1) is 60.7. The van der Waals surface area contributed by atoms with Crippen LogP contribution in [-0.2, 0) is 32.7 Å². The number of carbonyl (C=O) groups excluding carboxylic acids is 2. The van der Waals surface area contributed by atoms with Crippen molar-refractivity contribution in [1.82, 2.24) is 5.32 Å². The van der Waals surface area contributed by atoms with Crippen LogP contribution in [0.15, 0.2) is 85.1 Å². The summed E-state index contributed by atoms with van der Waals surface area (Å²) in [6.45, 7) is 2.44. The summed E-state index contributed by atoms with van der Waals surface area (Å²) in [5.74, 6) is -2.40. The molecule has 0 aromatic carbocycles. The Labute approximate surface area is 388 Å². The number of aliphatic carboxylic acids is 1. The Morgan fingerprint density at radius 3 is 1.36 bits per heavy atom. The highest BCUT2D eigenvalue weighted by molar-refractivity contribution is 7.47. The molecule has 64 heavy (non-hydrogen) atoms. The highest BCUT2D eigenvalue weighted by Crippen LogP contribution is 2.43. The highest BCUT2D eigenvalue weighted by atomic mass is 31.2. The Morgan fingerprint density at radius 1 is 0.516 bits per heavy atom. The third kappa shape index (κ3) is 45.2. The van der Waals surface area contributed by atoms with Crippen LogP contribution < -0.4 is 5.32 Å². The number of hydrogen-bond donors (Lipinski definition) is 4. The van der Waals surface area contributed by atoms with Crippen molar-refractivity contribution < 1.29 is 47.8 Å². The van der Waals surface area contributed by atoms with Crippen LogP contribution in [0.2, 0.25) is 0 Å². The number of unbranched alkanes of at least 4 members (excludes halogenated alkanes) is 17. The number of aliphatic hydroxyl groups excluding tert-OH is 1. The van der Waals surface area contributed by atoms with Gasteiger partial charge in [-0.1, -0.05) is 176 Å². The van der Waals surface area contributed by atoms with E-state index in [1.165, 1.54) is 44.9 Å². The molecule has 0 aromatic rings. The van der Waals surface area contributed by atoms with Crippen LogP contribution in [0.5, 0.6) is 0 Å². The Bertz CT molecular complexity index is 1400. The number of esters is 1. The lowest BCUT2D eigenvalue weighted by Gasteiger charge is -2.18. The molecule has 0 spiro atoms. The summed E-state index contributed by atoms with van der Waals surface area (Å²) < 4.78 is 26.9. The van der Waals surface area contributed by atoms with E-state index in [9.17, 15) is 34.1 Å². The molecule has 0 bridgehead atoms. The number of phosphoric acid groups is 1. The zero-order valence-electron chi connectivity index (χ0n) is 39.8. The number of nitrogens with one attached hydrogen (secondary N) is 1. The van der Waals surface area contributed by atoms with E-state index in [0.29, 0.717) is 12.8 Å². The smallest absolute Gasteiger partial charge is 0.472 e. The molecule has 0 rings (SSSR count). The molecule has 0 saturated heterocycles. The van der Waals surface area contributed by atoms with E-state index in [0.717, 1.165) is 109 Å². The lowest BCUT2D eigenvalue weighted by Crippen LogP contribution is -2.43. The number of allylic oxidation sites excluding steroid dienone is 14. The number of aliphatic hydroxyl groups is 1. The summed E-state index contributed by atoms with van der Waals surface area (Å²) >= 11 is 0. The first-order chi connectivity index (χ1) is 31.1. The minimum absolute atomic E-state index is 0.132. The predicted octanol–water partition coefficient (Wildman–Crippen LogP) is 13.4. The van der Waals surface area contributed by atoms with Gasteiger partial charge < -0.3 is 25.2 Å². The van der Waals surface area contributed by atoms with E-state index in [2.05, 4.69) is 104 Å². The number of phosphoric ester groups is 1. The van der Waals surface area contributed by atoms with Crippen LogP contribution in [0, 0.1) is 0 Å². The van der Waals surface area contributed by atoms with Crippen molar-refractivity contribution in [1.29, 1.82) is 0 Å². The van der Waals surface area contributed by atoms with Gasteiger partial charge in [0.05, 0.1) is 13.2 Å². The zero-order chi connectivity index (χ0) is 47.0. The molecule has 0 fully saturated rings. The molecule has 4 N–H and O–H groups in total. The summed E-state index contributed by atoms with van der Waals surface area (Å²) in [7, 11) is -4.77. The van der Waals surface area contributed by atoms with Crippen molar-refractivity contribution in [2.75, 3.05) is 19.8 Å². The van der Waals surface area contributed by atoms with Gasteiger partial charge >= 0.3 is 19.8 Å².